The summed E-state index contributed by atoms with van der Waals surface area (Å²) < 4.78 is 5.05. The number of hydrogen-bond acceptors (Lipinski definition) is 2. The van der Waals surface area contributed by atoms with Gasteiger partial charge >= 0.3 is 5.97 Å². The van der Waals surface area contributed by atoms with E-state index in [-0.39, 0.29) is 5.97 Å². The number of rotatable bonds is 9. The number of allylic oxidation sites excluding steroid dienone is 7. The fraction of sp³-hybridized carbons (Fsp3) is 0.571. The molecule has 4 unspecified atom stereocenters. The summed E-state index contributed by atoms with van der Waals surface area (Å²) in [6.45, 7) is 8.33. The fourth-order valence-corrected chi connectivity index (χ4v) is 4.26. The van der Waals surface area contributed by atoms with Crippen LogP contribution in [0.1, 0.15) is 46.0 Å². The molecule has 1 saturated carbocycles. The van der Waals surface area contributed by atoms with Crippen molar-refractivity contribution in [2.45, 2.75) is 46.0 Å². The second-order valence-corrected chi connectivity index (χ2v) is 6.54. The third-order valence-corrected chi connectivity index (χ3v) is 5.10. The van der Waals surface area contributed by atoms with Crippen LogP contribution < -0.4 is 0 Å². The van der Waals surface area contributed by atoms with Crippen LogP contribution in [-0.4, -0.2) is 12.6 Å². The Morgan fingerprint density at radius 3 is 2.78 bits per heavy atom. The molecule has 0 spiro atoms. The Hall–Kier alpha value is -1.57. The predicted octanol–water partition coefficient (Wildman–Crippen LogP) is 5.24. The van der Waals surface area contributed by atoms with Crippen molar-refractivity contribution in [1.29, 1.82) is 0 Å². The Morgan fingerprint density at radius 1 is 1.30 bits per heavy atom. The standard InChI is InChI=1S/C21H30O2/c1-4-7-10-16(9-5-2)21-18-14-13-17(15-18)19(21)11-8-12-20(22)23-6-3/h4,7,9-10,13-14,17-19,21H,1,5-6,8,11-12,15H2,2-3H3/b10-7-,16-9+. The molecule has 1 fully saturated rings. The molecule has 0 saturated heterocycles. The number of hydrogen-bond donors (Lipinski definition) is 0. The van der Waals surface area contributed by atoms with E-state index in [9.17, 15) is 4.79 Å². The van der Waals surface area contributed by atoms with Gasteiger partial charge in [-0.05, 0) is 61.9 Å². The first kappa shape index (κ1) is 17.8. The minimum Gasteiger partial charge on any atom is -0.466 e. The second-order valence-electron chi connectivity index (χ2n) is 6.54. The molecular weight excluding hydrogens is 284 g/mol. The summed E-state index contributed by atoms with van der Waals surface area (Å²) in [6, 6.07) is 0. The highest BCUT2D eigenvalue weighted by molar-refractivity contribution is 5.69. The lowest BCUT2D eigenvalue weighted by atomic mass is 9.75. The first-order valence-corrected chi connectivity index (χ1v) is 9.04. The Morgan fingerprint density at radius 2 is 2.09 bits per heavy atom. The topological polar surface area (TPSA) is 26.3 Å². The molecule has 0 aromatic heterocycles. The van der Waals surface area contributed by atoms with Gasteiger partial charge in [0.25, 0.3) is 0 Å². The number of carbonyl (C=O) groups is 1. The maximum absolute atomic E-state index is 11.6. The quantitative estimate of drug-likeness (QED) is 0.330. The molecule has 23 heavy (non-hydrogen) atoms. The van der Waals surface area contributed by atoms with Gasteiger partial charge in [-0.2, -0.15) is 0 Å². The highest BCUT2D eigenvalue weighted by atomic mass is 16.5. The van der Waals surface area contributed by atoms with Crippen LogP contribution in [0.5, 0.6) is 0 Å². The van der Waals surface area contributed by atoms with Gasteiger partial charge in [-0.3, -0.25) is 4.79 Å². The third kappa shape index (κ3) is 4.46. The van der Waals surface area contributed by atoms with Crippen molar-refractivity contribution in [3.8, 4) is 0 Å². The van der Waals surface area contributed by atoms with Crippen LogP contribution in [0.15, 0.2) is 48.6 Å². The van der Waals surface area contributed by atoms with E-state index in [1.165, 1.54) is 12.0 Å². The van der Waals surface area contributed by atoms with E-state index in [1.807, 2.05) is 19.1 Å². The maximum atomic E-state index is 11.6. The van der Waals surface area contributed by atoms with Crippen molar-refractivity contribution >= 4 is 5.97 Å². The SMILES string of the molecule is C=C/C=C\C(=C/CC)C1C2C=CC(C2)C1CCCC(=O)OCC. The largest absolute Gasteiger partial charge is 0.466 e. The first-order valence-electron chi connectivity index (χ1n) is 9.04. The molecule has 0 radical (unpaired) electrons. The molecule has 0 aliphatic heterocycles. The van der Waals surface area contributed by atoms with Crippen LogP contribution in [0.3, 0.4) is 0 Å². The average molecular weight is 314 g/mol. The van der Waals surface area contributed by atoms with E-state index in [4.69, 9.17) is 4.74 Å². The highest BCUT2D eigenvalue weighted by Gasteiger charge is 2.44. The van der Waals surface area contributed by atoms with Gasteiger partial charge < -0.3 is 4.74 Å². The van der Waals surface area contributed by atoms with Gasteiger partial charge in [-0.1, -0.05) is 50.0 Å². The minimum absolute atomic E-state index is 0.0568. The number of ether oxygens (including phenoxy) is 1. The molecule has 126 valence electrons. The highest BCUT2D eigenvalue weighted by Crippen LogP contribution is 2.53. The van der Waals surface area contributed by atoms with Gasteiger partial charge in [-0.15, -0.1) is 0 Å². The van der Waals surface area contributed by atoms with Gasteiger partial charge in [0.1, 0.15) is 0 Å². The number of fused-ring (bicyclic) bond motifs is 2. The Kier molecular flexibility index (Phi) is 6.88. The molecule has 2 bridgehead atoms. The van der Waals surface area contributed by atoms with Gasteiger partial charge in [0, 0.05) is 6.42 Å². The summed E-state index contributed by atoms with van der Waals surface area (Å²) in [5.41, 5.74) is 1.45. The van der Waals surface area contributed by atoms with Crippen molar-refractivity contribution in [2.24, 2.45) is 23.7 Å². The zero-order valence-electron chi connectivity index (χ0n) is 14.5. The molecule has 2 heteroatoms. The van der Waals surface area contributed by atoms with E-state index in [0.717, 1.165) is 19.3 Å². The summed E-state index contributed by atoms with van der Waals surface area (Å²) in [7, 11) is 0. The van der Waals surface area contributed by atoms with Gasteiger partial charge in [0.05, 0.1) is 6.61 Å². The lowest BCUT2D eigenvalue weighted by molar-refractivity contribution is -0.143. The monoisotopic (exact) mass is 314 g/mol. The van der Waals surface area contributed by atoms with Crippen LogP contribution in [0.25, 0.3) is 0 Å². The molecule has 0 aromatic rings. The summed E-state index contributed by atoms with van der Waals surface area (Å²) in [5.74, 6) is 2.55. The smallest absolute Gasteiger partial charge is 0.305 e. The summed E-state index contributed by atoms with van der Waals surface area (Å²) >= 11 is 0. The van der Waals surface area contributed by atoms with Gasteiger partial charge in [-0.25, -0.2) is 0 Å². The molecule has 0 N–H and O–H groups in total. The second kappa shape index (κ2) is 8.90. The molecule has 0 amide bonds. The van der Waals surface area contributed by atoms with Crippen LogP contribution in [0.2, 0.25) is 0 Å². The van der Waals surface area contributed by atoms with E-state index in [2.05, 4.69) is 37.8 Å². The molecular formula is C21H30O2. The van der Waals surface area contributed by atoms with Crippen LogP contribution >= 0.6 is 0 Å². The van der Waals surface area contributed by atoms with E-state index in [0.29, 0.717) is 36.7 Å². The lowest BCUT2D eigenvalue weighted by Crippen LogP contribution is -2.21. The minimum atomic E-state index is -0.0568. The molecule has 2 rings (SSSR count). The molecule has 2 aliphatic rings. The predicted molar refractivity (Wildman–Crippen MR) is 95.9 cm³/mol. The van der Waals surface area contributed by atoms with Crippen LogP contribution in [0.4, 0.5) is 0 Å². The fourth-order valence-electron chi connectivity index (χ4n) is 4.26. The van der Waals surface area contributed by atoms with Crippen molar-refractivity contribution in [2.75, 3.05) is 6.61 Å². The molecule has 0 heterocycles. The van der Waals surface area contributed by atoms with E-state index in [1.54, 1.807) is 0 Å². The molecule has 4 atom stereocenters. The van der Waals surface area contributed by atoms with Crippen molar-refractivity contribution < 1.29 is 9.53 Å². The zero-order chi connectivity index (χ0) is 16.7. The van der Waals surface area contributed by atoms with Gasteiger partial charge in [0.15, 0.2) is 0 Å². The van der Waals surface area contributed by atoms with E-state index >= 15 is 0 Å². The van der Waals surface area contributed by atoms with Crippen molar-refractivity contribution in [3.05, 3.63) is 48.6 Å². The number of carbonyl (C=O) groups excluding carboxylic acids is 1. The molecule has 0 aromatic carbocycles. The molecule has 2 nitrogen and oxygen atoms in total. The summed E-state index contributed by atoms with van der Waals surface area (Å²) in [4.78, 5) is 11.6. The van der Waals surface area contributed by atoms with Crippen molar-refractivity contribution in [1.82, 2.24) is 0 Å². The average Bonchev–Trinajstić information content (AvgIpc) is 3.13. The van der Waals surface area contributed by atoms with Crippen LogP contribution in [-0.2, 0) is 9.53 Å². The third-order valence-electron chi connectivity index (χ3n) is 5.10. The normalized spacial score (nSPS) is 29.4. The van der Waals surface area contributed by atoms with E-state index < -0.39 is 0 Å². The first-order chi connectivity index (χ1) is 11.2. The maximum Gasteiger partial charge on any atom is 0.305 e. The summed E-state index contributed by atoms with van der Waals surface area (Å²) in [6.07, 6.45) is 18.2. The zero-order valence-corrected chi connectivity index (χ0v) is 14.5. The lowest BCUT2D eigenvalue weighted by Gasteiger charge is -2.29. The van der Waals surface area contributed by atoms with Gasteiger partial charge in [0.2, 0.25) is 0 Å². The van der Waals surface area contributed by atoms with Crippen LogP contribution in [0, 0.1) is 23.7 Å². The number of esters is 1. The van der Waals surface area contributed by atoms with Crippen molar-refractivity contribution in [3.63, 3.8) is 0 Å². The summed E-state index contributed by atoms with van der Waals surface area (Å²) in [5, 5.41) is 0. The molecule has 2 aliphatic carbocycles. The Balaban J connectivity index is 2.03. The Labute approximate surface area is 141 Å². The Bertz CT molecular complexity index is 498.